The van der Waals surface area contributed by atoms with Crippen molar-refractivity contribution in [1.29, 1.82) is 0 Å². The lowest BCUT2D eigenvalue weighted by Crippen LogP contribution is -2.54. The Labute approximate surface area is 218 Å². The number of anilines is 1. The number of pyridine rings is 1. The minimum absolute atomic E-state index is 0.0385. The van der Waals surface area contributed by atoms with E-state index in [1.807, 2.05) is 0 Å². The van der Waals surface area contributed by atoms with Gasteiger partial charge in [0.25, 0.3) is 5.91 Å². The monoisotopic (exact) mass is 527 g/mol. The second-order valence-electron chi connectivity index (χ2n) is 10.2. The summed E-state index contributed by atoms with van der Waals surface area (Å²) in [6.45, 7) is 4.91. The number of nitrogens with zero attached hydrogens (tertiary/aromatic N) is 4. The molecule has 1 aromatic carbocycles. The molecule has 0 radical (unpaired) electrons. The predicted octanol–water partition coefficient (Wildman–Crippen LogP) is 4.99. The second-order valence-corrected chi connectivity index (χ2v) is 10.2. The zero-order valence-corrected chi connectivity index (χ0v) is 21.5. The number of aromatic nitrogens is 3. The molecule has 200 valence electrons. The molecule has 4 rings (SSSR count). The Morgan fingerprint density at radius 2 is 1.84 bits per heavy atom. The molecular formula is C27H28F3N5O3. The second kappa shape index (κ2) is 10.4. The van der Waals surface area contributed by atoms with Gasteiger partial charge < -0.3 is 10.1 Å². The van der Waals surface area contributed by atoms with Gasteiger partial charge in [-0.15, -0.1) is 10.2 Å². The van der Waals surface area contributed by atoms with E-state index in [0.29, 0.717) is 0 Å². The number of amides is 2. The number of rotatable bonds is 6. The van der Waals surface area contributed by atoms with Crippen molar-refractivity contribution in [3.63, 3.8) is 0 Å². The zero-order chi connectivity index (χ0) is 27.7. The first kappa shape index (κ1) is 27.0. The average Bonchev–Trinajstić information content (AvgIpc) is 2.85. The van der Waals surface area contributed by atoms with Crippen LogP contribution in [0.3, 0.4) is 0 Å². The van der Waals surface area contributed by atoms with Crippen molar-refractivity contribution in [2.45, 2.75) is 50.8 Å². The molecule has 1 fully saturated rings. The fraction of sp³-hybridized carbons (Fsp3) is 0.370. The highest BCUT2D eigenvalue weighted by molar-refractivity contribution is 5.95. The Balaban J connectivity index is 1.71. The third-order valence-corrected chi connectivity index (χ3v) is 6.22. The number of ether oxygens (including phenoxy) is 1. The number of hydrogen-bond donors (Lipinski definition) is 1. The Kier molecular flexibility index (Phi) is 7.39. The maximum absolute atomic E-state index is 14.7. The predicted molar refractivity (Wildman–Crippen MR) is 134 cm³/mol. The normalized spacial score (nSPS) is 18.9. The van der Waals surface area contributed by atoms with Gasteiger partial charge >= 0.3 is 6.09 Å². The molecule has 0 atom stereocenters. The molecule has 1 aliphatic rings. The summed E-state index contributed by atoms with van der Waals surface area (Å²) >= 11 is 0. The molecule has 2 amide bonds. The van der Waals surface area contributed by atoms with Crippen LogP contribution in [-0.2, 0) is 10.2 Å². The van der Waals surface area contributed by atoms with Gasteiger partial charge in [-0.25, -0.2) is 18.0 Å². The van der Waals surface area contributed by atoms with Crippen molar-refractivity contribution in [1.82, 2.24) is 20.5 Å². The summed E-state index contributed by atoms with van der Waals surface area (Å²) in [5.41, 5.74) is -1.51. The van der Waals surface area contributed by atoms with Crippen molar-refractivity contribution >= 4 is 17.8 Å². The van der Waals surface area contributed by atoms with Crippen LogP contribution in [0.15, 0.2) is 48.7 Å². The fourth-order valence-electron chi connectivity index (χ4n) is 4.44. The van der Waals surface area contributed by atoms with Gasteiger partial charge in [0.15, 0.2) is 5.82 Å². The van der Waals surface area contributed by atoms with Crippen molar-refractivity contribution in [2.75, 3.05) is 18.5 Å². The molecular weight excluding hydrogens is 499 g/mol. The Hall–Kier alpha value is -4.02. The number of nitrogens with one attached hydrogen (secondary N) is 1. The minimum Gasteiger partial charge on any atom is -0.443 e. The van der Waals surface area contributed by atoms with Crippen LogP contribution in [0.2, 0.25) is 0 Å². The quantitative estimate of drug-likeness (QED) is 0.485. The largest absolute Gasteiger partial charge is 0.443 e. The lowest BCUT2D eigenvalue weighted by Gasteiger charge is -2.46. The fourth-order valence-corrected chi connectivity index (χ4v) is 4.44. The van der Waals surface area contributed by atoms with Crippen LogP contribution in [0, 0.1) is 11.6 Å². The summed E-state index contributed by atoms with van der Waals surface area (Å²) in [7, 11) is 1.46. The summed E-state index contributed by atoms with van der Waals surface area (Å²) in [4.78, 5) is 30.6. The summed E-state index contributed by atoms with van der Waals surface area (Å²) in [5, 5.41) is 10.7. The van der Waals surface area contributed by atoms with Crippen LogP contribution in [0.1, 0.15) is 49.7 Å². The van der Waals surface area contributed by atoms with Gasteiger partial charge in [-0.2, -0.15) is 0 Å². The standard InChI is InChI=1S/C27H28F3N5O3/c1-26(2,3)38-25(37)35(15-27(13-17(28)14-27)23-20(30)6-5-11-32-23)22-10-9-21(33-34-22)18-12-16(24(36)31-4)7-8-19(18)29/h5-12,17H,13-15H2,1-4H3,(H,31,36)/t17-,27-. The summed E-state index contributed by atoms with van der Waals surface area (Å²) in [5.74, 6) is -1.57. The van der Waals surface area contributed by atoms with Crippen LogP contribution < -0.4 is 10.2 Å². The van der Waals surface area contributed by atoms with Gasteiger partial charge in [0.2, 0.25) is 0 Å². The lowest BCUT2D eigenvalue weighted by molar-refractivity contribution is 0.0507. The number of carbonyl (C=O) groups is 2. The third-order valence-electron chi connectivity index (χ3n) is 6.22. The summed E-state index contributed by atoms with van der Waals surface area (Å²) in [6, 6.07) is 9.40. The van der Waals surface area contributed by atoms with Crippen LogP contribution in [0.5, 0.6) is 0 Å². The van der Waals surface area contributed by atoms with E-state index in [1.165, 1.54) is 54.5 Å². The molecule has 2 heterocycles. The van der Waals surface area contributed by atoms with Gasteiger partial charge in [-0.05, 0) is 76.1 Å². The van der Waals surface area contributed by atoms with E-state index >= 15 is 0 Å². The molecule has 1 saturated carbocycles. The number of benzene rings is 1. The van der Waals surface area contributed by atoms with E-state index in [-0.39, 0.29) is 47.7 Å². The van der Waals surface area contributed by atoms with E-state index in [9.17, 15) is 22.8 Å². The van der Waals surface area contributed by atoms with Crippen LogP contribution in [0.25, 0.3) is 11.3 Å². The molecule has 1 aliphatic carbocycles. The maximum Gasteiger partial charge on any atom is 0.416 e. The van der Waals surface area contributed by atoms with E-state index < -0.39 is 40.8 Å². The Morgan fingerprint density at radius 3 is 2.42 bits per heavy atom. The van der Waals surface area contributed by atoms with E-state index in [4.69, 9.17) is 4.74 Å². The van der Waals surface area contributed by atoms with Crippen molar-refractivity contribution in [3.05, 3.63) is 71.6 Å². The highest BCUT2D eigenvalue weighted by Gasteiger charge is 2.51. The summed E-state index contributed by atoms with van der Waals surface area (Å²) < 4.78 is 49.0. The van der Waals surface area contributed by atoms with E-state index in [1.54, 1.807) is 20.8 Å². The lowest BCUT2D eigenvalue weighted by atomic mass is 9.64. The molecule has 0 bridgehead atoms. The Bertz CT molecular complexity index is 1340. The van der Waals surface area contributed by atoms with E-state index in [2.05, 4.69) is 20.5 Å². The van der Waals surface area contributed by atoms with Crippen molar-refractivity contribution in [3.8, 4) is 11.3 Å². The number of halogens is 3. The molecule has 2 aromatic heterocycles. The highest BCUT2D eigenvalue weighted by Crippen LogP contribution is 2.46. The van der Waals surface area contributed by atoms with Gasteiger partial charge in [0.1, 0.15) is 23.4 Å². The molecule has 8 nitrogen and oxygen atoms in total. The summed E-state index contributed by atoms with van der Waals surface area (Å²) in [6.07, 6.45) is -0.627. The molecule has 0 spiro atoms. The Morgan fingerprint density at radius 1 is 1.11 bits per heavy atom. The molecule has 0 unspecified atom stereocenters. The van der Waals surface area contributed by atoms with Crippen molar-refractivity contribution < 1.29 is 27.5 Å². The molecule has 0 aliphatic heterocycles. The van der Waals surface area contributed by atoms with Crippen molar-refractivity contribution in [2.24, 2.45) is 0 Å². The van der Waals surface area contributed by atoms with Crippen LogP contribution >= 0.6 is 0 Å². The van der Waals surface area contributed by atoms with Gasteiger partial charge in [-0.3, -0.25) is 14.7 Å². The number of hydrogen-bond acceptors (Lipinski definition) is 6. The average molecular weight is 528 g/mol. The first-order chi connectivity index (χ1) is 17.9. The number of alkyl halides is 1. The molecule has 3 aromatic rings. The molecule has 1 N–H and O–H groups in total. The van der Waals surface area contributed by atoms with Gasteiger partial charge in [0, 0.05) is 36.3 Å². The number of carbonyl (C=O) groups excluding carboxylic acids is 2. The SMILES string of the molecule is CNC(=O)c1ccc(F)c(-c2ccc(N(C[C@]3(c4ncccc4F)C[C@H](F)C3)C(=O)OC(C)(C)C)nn2)c1. The van der Waals surface area contributed by atoms with E-state index in [0.717, 1.165) is 6.07 Å². The smallest absolute Gasteiger partial charge is 0.416 e. The minimum atomic E-state index is -1.18. The van der Waals surface area contributed by atoms with Gasteiger partial charge in [-0.1, -0.05) is 0 Å². The first-order valence-corrected chi connectivity index (χ1v) is 12.0. The molecule has 0 saturated heterocycles. The maximum atomic E-state index is 14.7. The van der Waals surface area contributed by atoms with Crippen LogP contribution in [-0.4, -0.2) is 52.5 Å². The third kappa shape index (κ3) is 5.61. The first-order valence-electron chi connectivity index (χ1n) is 12.0. The van der Waals surface area contributed by atoms with Crippen LogP contribution in [0.4, 0.5) is 23.8 Å². The topological polar surface area (TPSA) is 97.3 Å². The zero-order valence-electron chi connectivity index (χ0n) is 21.5. The molecule has 11 heteroatoms. The van der Waals surface area contributed by atoms with Gasteiger partial charge in [0.05, 0.1) is 11.4 Å². The highest BCUT2D eigenvalue weighted by atomic mass is 19.1. The molecule has 38 heavy (non-hydrogen) atoms.